The highest BCUT2D eigenvalue weighted by Crippen LogP contribution is 2.03. The summed E-state index contributed by atoms with van der Waals surface area (Å²) < 4.78 is 0. The molecule has 0 fully saturated rings. The molecule has 1 aromatic heterocycles. The lowest BCUT2D eigenvalue weighted by molar-refractivity contribution is 0.0945. The summed E-state index contributed by atoms with van der Waals surface area (Å²) in [4.78, 5) is 13.1. The predicted octanol–water partition coefficient (Wildman–Crippen LogP) is 1.05. The molecule has 0 spiro atoms. The highest BCUT2D eigenvalue weighted by Gasteiger charge is 2.08. The van der Waals surface area contributed by atoms with Crippen LogP contribution in [0.15, 0.2) is 30.5 Å². The van der Waals surface area contributed by atoms with Gasteiger partial charge in [0.25, 0.3) is 5.91 Å². The second-order valence-electron chi connectivity index (χ2n) is 3.89. The Balaban J connectivity index is 1.97. The second-order valence-corrected chi connectivity index (χ2v) is 3.89. The lowest BCUT2D eigenvalue weighted by Gasteiger charge is -2.03. The molecule has 5 nitrogen and oxygen atoms in total. The van der Waals surface area contributed by atoms with Gasteiger partial charge in [-0.25, -0.2) is 0 Å². The Morgan fingerprint density at radius 1 is 1.47 bits per heavy atom. The van der Waals surface area contributed by atoms with E-state index in [2.05, 4.69) is 15.5 Å². The summed E-state index contributed by atoms with van der Waals surface area (Å²) in [5.41, 5.74) is 2.58. The number of carbonyl (C=O) groups excluding carboxylic acids is 1. The molecule has 17 heavy (non-hydrogen) atoms. The van der Waals surface area contributed by atoms with E-state index in [0.717, 1.165) is 5.56 Å². The Hall–Kier alpha value is -2.17. The second kappa shape index (κ2) is 4.78. The van der Waals surface area contributed by atoms with Gasteiger partial charge in [-0.2, -0.15) is 9.90 Å². The molecule has 0 aliphatic rings. The van der Waals surface area contributed by atoms with Crippen LogP contribution in [0.5, 0.6) is 0 Å². The Labute approximate surface area is 99.5 Å². The maximum Gasteiger partial charge on any atom is 0.273 e. The number of carbonyl (C=O) groups is 1. The van der Waals surface area contributed by atoms with Crippen LogP contribution in [-0.2, 0) is 13.6 Å². The minimum absolute atomic E-state index is 0.209. The van der Waals surface area contributed by atoms with E-state index in [1.54, 1.807) is 7.05 Å². The molecule has 0 unspecified atom stereocenters. The molecule has 1 aromatic carbocycles. The third-order valence-electron chi connectivity index (χ3n) is 2.37. The first-order valence-corrected chi connectivity index (χ1v) is 5.35. The number of nitrogens with zero attached hydrogens (tertiary/aromatic N) is 3. The molecule has 0 saturated carbocycles. The van der Waals surface area contributed by atoms with Gasteiger partial charge in [-0.15, -0.1) is 5.10 Å². The zero-order chi connectivity index (χ0) is 12.3. The number of aryl methyl sites for hydroxylation is 2. The molecule has 1 heterocycles. The Kier molecular flexibility index (Phi) is 3.18. The summed E-state index contributed by atoms with van der Waals surface area (Å²) in [5.74, 6) is -0.209. The molecular weight excluding hydrogens is 216 g/mol. The van der Waals surface area contributed by atoms with Gasteiger partial charge in [-0.05, 0) is 12.5 Å². The zero-order valence-corrected chi connectivity index (χ0v) is 9.84. The van der Waals surface area contributed by atoms with Gasteiger partial charge in [-0.3, -0.25) is 4.79 Å². The van der Waals surface area contributed by atoms with Gasteiger partial charge >= 0.3 is 0 Å². The van der Waals surface area contributed by atoms with Crippen LogP contribution in [0.2, 0.25) is 0 Å². The lowest BCUT2D eigenvalue weighted by atomic mass is 10.1. The van der Waals surface area contributed by atoms with E-state index in [-0.39, 0.29) is 5.91 Å². The monoisotopic (exact) mass is 230 g/mol. The number of nitrogens with one attached hydrogen (secondary N) is 1. The lowest BCUT2D eigenvalue weighted by Crippen LogP contribution is -2.23. The molecule has 0 aliphatic carbocycles. The van der Waals surface area contributed by atoms with Gasteiger partial charge in [0, 0.05) is 13.6 Å². The summed E-state index contributed by atoms with van der Waals surface area (Å²) in [6, 6.07) is 8.01. The Bertz CT molecular complexity index is 533. The van der Waals surface area contributed by atoms with Gasteiger partial charge in [-0.1, -0.05) is 29.8 Å². The maximum atomic E-state index is 11.7. The van der Waals surface area contributed by atoms with Gasteiger partial charge in [0.2, 0.25) is 0 Å². The van der Waals surface area contributed by atoms with Gasteiger partial charge in [0.1, 0.15) is 0 Å². The minimum atomic E-state index is -0.209. The topological polar surface area (TPSA) is 59.8 Å². The van der Waals surface area contributed by atoms with E-state index in [0.29, 0.717) is 12.2 Å². The van der Waals surface area contributed by atoms with E-state index in [1.807, 2.05) is 31.2 Å². The fourth-order valence-corrected chi connectivity index (χ4v) is 1.54. The highest BCUT2D eigenvalue weighted by atomic mass is 16.2. The van der Waals surface area contributed by atoms with Crippen molar-refractivity contribution in [2.75, 3.05) is 0 Å². The van der Waals surface area contributed by atoms with Crippen molar-refractivity contribution in [2.45, 2.75) is 13.5 Å². The molecule has 1 N–H and O–H groups in total. The molecule has 0 radical (unpaired) electrons. The minimum Gasteiger partial charge on any atom is -0.347 e. The first kappa shape index (κ1) is 11.3. The van der Waals surface area contributed by atoms with E-state index in [1.165, 1.54) is 16.6 Å². The Morgan fingerprint density at radius 3 is 2.94 bits per heavy atom. The van der Waals surface area contributed by atoms with Crippen molar-refractivity contribution in [3.05, 3.63) is 47.3 Å². The third kappa shape index (κ3) is 2.90. The molecule has 1 amide bonds. The predicted molar refractivity (Wildman–Crippen MR) is 63.4 cm³/mol. The van der Waals surface area contributed by atoms with Crippen molar-refractivity contribution in [1.29, 1.82) is 0 Å². The van der Waals surface area contributed by atoms with Crippen LogP contribution in [0.1, 0.15) is 21.6 Å². The molecule has 88 valence electrons. The number of aromatic nitrogens is 3. The van der Waals surface area contributed by atoms with Crippen LogP contribution in [0.3, 0.4) is 0 Å². The van der Waals surface area contributed by atoms with Crippen LogP contribution < -0.4 is 5.32 Å². The molecule has 0 atom stereocenters. The molecule has 2 rings (SSSR count). The number of hydrogen-bond donors (Lipinski definition) is 1. The molecule has 0 saturated heterocycles. The van der Waals surface area contributed by atoms with Crippen molar-refractivity contribution < 1.29 is 4.79 Å². The summed E-state index contributed by atoms with van der Waals surface area (Å²) >= 11 is 0. The number of hydrogen-bond acceptors (Lipinski definition) is 3. The normalized spacial score (nSPS) is 10.2. The zero-order valence-electron chi connectivity index (χ0n) is 9.84. The maximum absolute atomic E-state index is 11.7. The van der Waals surface area contributed by atoms with Gasteiger partial charge in [0.05, 0.1) is 6.20 Å². The summed E-state index contributed by atoms with van der Waals surface area (Å²) in [7, 11) is 1.68. The fraction of sp³-hybridized carbons (Fsp3) is 0.250. The largest absolute Gasteiger partial charge is 0.347 e. The van der Waals surface area contributed by atoms with E-state index in [9.17, 15) is 4.79 Å². The average molecular weight is 230 g/mol. The van der Waals surface area contributed by atoms with Crippen molar-refractivity contribution >= 4 is 5.91 Å². The van der Waals surface area contributed by atoms with Crippen molar-refractivity contribution in [1.82, 2.24) is 20.3 Å². The highest BCUT2D eigenvalue weighted by molar-refractivity contribution is 5.91. The van der Waals surface area contributed by atoms with Crippen molar-refractivity contribution in [3.8, 4) is 0 Å². The standard InChI is InChI=1S/C12H14N4O/c1-9-4-3-5-10(6-9)7-13-12(17)11-8-14-16(2)15-11/h3-6,8H,7H2,1-2H3,(H,13,17). The quantitative estimate of drug-likeness (QED) is 0.857. The van der Waals surface area contributed by atoms with Crippen LogP contribution in [0, 0.1) is 6.92 Å². The van der Waals surface area contributed by atoms with Crippen LogP contribution in [0.4, 0.5) is 0 Å². The number of rotatable bonds is 3. The van der Waals surface area contributed by atoms with Crippen LogP contribution in [0.25, 0.3) is 0 Å². The molecular formula is C12H14N4O. The van der Waals surface area contributed by atoms with E-state index < -0.39 is 0 Å². The van der Waals surface area contributed by atoms with Crippen LogP contribution in [-0.4, -0.2) is 20.9 Å². The first-order chi connectivity index (χ1) is 8.15. The van der Waals surface area contributed by atoms with Gasteiger partial charge < -0.3 is 5.32 Å². The summed E-state index contributed by atoms with van der Waals surface area (Å²) in [5, 5.41) is 10.6. The third-order valence-corrected chi connectivity index (χ3v) is 2.37. The van der Waals surface area contributed by atoms with Crippen molar-refractivity contribution in [2.24, 2.45) is 7.05 Å². The summed E-state index contributed by atoms with van der Waals surface area (Å²) in [6.45, 7) is 2.52. The first-order valence-electron chi connectivity index (χ1n) is 5.35. The van der Waals surface area contributed by atoms with Gasteiger partial charge in [0.15, 0.2) is 5.69 Å². The molecule has 5 heteroatoms. The fourth-order valence-electron chi connectivity index (χ4n) is 1.54. The van der Waals surface area contributed by atoms with Crippen LogP contribution >= 0.6 is 0 Å². The number of amides is 1. The SMILES string of the molecule is Cc1cccc(CNC(=O)c2cnn(C)n2)c1. The summed E-state index contributed by atoms with van der Waals surface area (Å²) in [6.07, 6.45) is 1.45. The molecule has 0 aliphatic heterocycles. The smallest absolute Gasteiger partial charge is 0.273 e. The van der Waals surface area contributed by atoms with E-state index in [4.69, 9.17) is 0 Å². The van der Waals surface area contributed by atoms with Crippen molar-refractivity contribution in [3.63, 3.8) is 0 Å². The van der Waals surface area contributed by atoms with E-state index >= 15 is 0 Å². The average Bonchev–Trinajstić information content (AvgIpc) is 2.73. The molecule has 0 bridgehead atoms. The number of benzene rings is 1. The molecule has 2 aromatic rings. The Morgan fingerprint density at radius 2 is 2.29 bits per heavy atom.